The molecule has 0 spiro atoms. The normalized spacial score (nSPS) is 10.7. The number of halogens is 1. The Morgan fingerprint density at radius 2 is 2.00 bits per heavy atom. The van der Waals surface area contributed by atoms with Crippen LogP contribution in [0, 0.1) is 13.8 Å². The van der Waals surface area contributed by atoms with Gasteiger partial charge in [-0.2, -0.15) is 5.10 Å². The van der Waals surface area contributed by atoms with E-state index in [-0.39, 0.29) is 12.4 Å². The van der Waals surface area contributed by atoms with Gasteiger partial charge in [-0.05, 0) is 34.9 Å². The van der Waals surface area contributed by atoms with Crippen LogP contribution in [0.25, 0.3) is 0 Å². The van der Waals surface area contributed by atoms with Crippen LogP contribution in [0.5, 0.6) is 0 Å². The number of aromatic nitrogens is 2. The van der Waals surface area contributed by atoms with E-state index >= 15 is 0 Å². The minimum absolute atomic E-state index is 0. The lowest BCUT2D eigenvalue weighted by molar-refractivity contribution is 0.326. The average molecular weight is 261 g/mol. The summed E-state index contributed by atoms with van der Waals surface area (Å²) in [7, 11) is 4.14. The smallest absolute Gasteiger partial charge is 0.0641 e. The summed E-state index contributed by atoms with van der Waals surface area (Å²) in [5, 5.41) is 7.70. The Morgan fingerprint density at radius 1 is 1.35 bits per heavy atom. The van der Waals surface area contributed by atoms with Crippen molar-refractivity contribution >= 4 is 12.4 Å². The fourth-order valence-electron chi connectivity index (χ4n) is 1.92. The van der Waals surface area contributed by atoms with E-state index in [0.717, 1.165) is 31.9 Å². The van der Waals surface area contributed by atoms with Gasteiger partial charge in [-0.15, -0.1) is 12.4 Å². The molecule has 0 saturated heterocycles. The molecule has 0 aliphatic carbocycles. The van der Waals surface area contributed by atoms with Crippen molar-refractivity contribution in [3.05, 3.63) is 17.0 Å². The molecule has 1 N–H and O–H groups in total. The number of aryl methyl sites for hydroxylation is 2. The van der Waals surface area contributed by atoms with Crippen LogP contribution in [0.3, 0.4) is 0 Å². The highest BCUT2D eigenvalue weighted by Crippen LogP contribution is 2.14. The van der Waals surface area contributed by atoms with Crippen molar-refractivity contribution in [1.82, 2.24) is 20.0 Å². The third-order valence-electron chi connectivity index (χ3n) is 3.00. The Kier molecular flexibility index (Phi) is 7.43. The molecule has 0 fully saturated rings. The third-order valence-corrected chi connectivity index (χ3v) is 3.00. The third kappa shape index (κ3) is 4.30. The van der Waals surface area contributed by atoms with Crippen LogP contribution in [-0.2, 0) is 13.1 Å². The first kappa shape index (κ1) is 16.4. The Hall–Kier alpha value is -0.580. The summed E-state index contributed by atoms with van der Waals surface area (Å²) < 4.78 is 2.08. The SMILES string of the molecule is CCn1nc(C)c(CN(C)CCNC)c1C.Cl. The molecule has 0 saturated carbocycles. The Balaban J connectivity index is 0.00000256. The van der Waals surface area contributed by atoms with Crippen LogP contribution in [0.1, 0.15) is 23.9 Å². The fraction of sp³-hybridized carbons (Fsp3) is 0.750. The van der Waals surface area contributed by atoms with E-state index < -0.39 is 0 Å². The topological polar surface area (TPSA) is 33.1 Å². The second-order valence-corrected chi connectivity index (χ2v) is 4.31. The zero-order chi connectivity index (χ0) is 12.1. The molecule has 100 valence electrons. The molecule has 0 amide bonds. The summed E-state index contributed by atoms with van der Waals surface area (Å²) in [6.07, 6.45) is 0. The van der Waals surface area contributed by atoms with Crippen LogP contribution < -0.4 is 5.32 Å². The Labute approximate surface area is 111 Å². The molecule has 0 bridgehead atoms. The number of likely N-dealkylation sites (N-methyl/N-ethyl adjacent to an activating group) is 2. The van der Waals surface area contributed by atoms with Gasteiger partial charge in [0, 0.05) is 37.4 Å². The molecule has 0 aromatic carbocycles. The van der Waals surface area contributed by atoms with Crippen LogP contribution in [-0.4, -0.2) is 41.9 Å². The van der Waals surface area contributed by atoms with E-state index in [0.29, 0.717) is 0 Å². The van der Waals surface area contributed by atoms with Crippen molar-refractivity contribution in [3.63, 3.8) is 0 Å². The molecule has 1 aromatic rings. The van der Waals surface area contributed by atoms with E-state index in [1.54, 1.807) is 0 Å². The van der Waals surface area contributed by atoms with Crippen LogP contribution >= 0.6 is 12.4 Å². The minimum atomic E-state index is 0. The molecule has 4 nitrogen and oxygen atoms in total. The molecule has 17 heavy (non-hydrogen) atoms. The summed E-state index contributed by atoms with van der Waals surface area (Å²) in [5.74, 6) is 0. The molecule has 1 heterocycles. The second-order valence-electron chi connectivity index (χ2n) is 4.31. The lowest BCUT2D eigenvalue weighted by atomic mass is 10.2. The average Bonchev–Trinajstić information content (AvgIpc) is 2.53. The Bertz CT molecular complexity index is 335. The van der Waals surface area contributed by atoms with Gasteiger partial charge in [0.2, 0.25) is 0 Å². The first-order valence-electron chi connectivity index (χ1n) is 5.96. The molecule has 0 atom stereocenters. The maximum atomic E-state index is 4.54. The monoisotopic (exact) mass is 260 g/mol. The van der Waals surface area contributed by atoms with Crippen molar-refractivity contribution < 1.29 is 0 Å². The van der Waals surface area contributed by atoms with Gasteiger partial charge in [-0.3, -0.25) is 4.68 Å². The summed E-state index contributed by atoms with van der Waals surface area (Å²) in [4.78, 5) is 2.33. The molecule has 1 rings (SSSR count). The number of hydrogen-bond acceptors (Lipinski definition) is 3. The van der Waals surface area contributed by atoms with Crippen LogP contribution in [0.4, 0.5) is 0 Å². The molecule has 1 aromatic heterocycles. The molecule has 0 aliphatic rings. The zero-order valence-electron chi connectivity index (χ0n) is 11.6. The molecule has 5 heteroatoms. The standard InChI is InChI=1S/C12H24N4.ClH/c1-6-16-11(3)12(10(2)14-16)9-15(5)8-7-13-4;/h13H,6-9H2,1-5H3;1H. The molecular formula is C12H25ClN4. The maximum absolute atomic E-state index is 4.54. The highest BCUT2D eigenvalue weighted by molar-refractivity contribution is 5.85. The van der Waals surface area contributed by atoms with Gasteiger partial charge in [-0.25, -0.2) is 0 Å². The molecule has 0 unspecified atom stereocenters. The molecular weight excluding hydrogens is 236 g/mol. The summed E-state index contributed by atoms with van der Waals surface area (Å²) in [6, 6.07) is 0. The van der Waals surface area contributed by atoms with Crippen LogP contribution in [0.15, 0.2) is 0 Å². The van der Waals surface area contributed by atoms with Gasteiger partial charge in [0.15, 0.2) is 0 Å². The summed E-state index contributed by atoms with van der Waals surface area (Å²) in [6.45, 7) is 10.4. The highest BCUT2D eigenvalue weighted by atomic mass is 35.5. The summed E-state index contributed by atoms with van der Waals surface area (Å²) >= 11 is 0. The van der Waals surface area contributed by atoms with Gasteiger partial charge in [-0.1, -0.05) is 0 Å². The fourth-order valence-corrected chi connectivity index (χ4v) is 1.92. The van der Waals surface area contributed by atoms with E-state index in [1.165, 1.54) is 11.3 Å². The van der Waals surface area contributed by atoms with Crippen molar-refractivity contribution in [2.45, 2.75) is 33.9 Å². The lowest BCUT2D eigenvalue weighted by Crippen LogP contribution is -2.27. The minimum Gasteiger partial charge on any atom is -0.318 e. The van der Waals surface area contributed by atoms with Crippen molar-refractivity contribution in [2.24, 2.45) is 0 Å². The number of nitrogens with one attached hydrogen (secondary N) is 1. The first-order chi connectivity index (χ1) is 7.60. The van der Waals surface area contributed by atoms with Gasteiger partial charge in [0.05, 0.1) is 5.69 Å². The Morgan fingerprint density at radius 3 is 2.47 bits per heavy atom. The number of nitrogens with zero attached hydrogens (tertiary/aromatic N) is 3. The largest absolute Gasteiger partial charge is 0.318 e. The van der Waals surface area contributed by atoms with E-state index in [4.69, 9.17) is 0 Å². The molecule has 0 aliphatic heterocycles. The first-order valence-corrected chi connectivity index (χ1v) is 5.96. The van der Waals surface area contributed by atoms with E-state index in [9.17, 15) is 0 Å². The quantitative estimate of drug-likeness (QED) is 0.843. The lowest BCUT2D eigenvalue weighted by Gasteiger charge is -2.16. The van der Waals surface area contributed by atoms with Gasteiger partial charge in [0.1, 0.15) is 0 Å². The van der Waals surface area contributed by atoms with Crippen molar-refractivity contribution in [2.75, 3.05) is 27.2 Å². The van der Waals surface area contributed by atoms with Gasteiger partial charge < -0.3 is 10.2 Å². The molecule has 0 radical (unpaired) electrons. The summed E-state index contributed by atoms with van der Waals surface area (Å²) in [5.41, 5.74) is 3.84. The van der Waals surface area contributed by atoms with Crippen LogP contribution in [0.2, 0.25) is 0 Å². The van der Waals surface area contributed by atoms with Crippen molar-refractivity contribution in [1.29, 1.82) is 0 Å². The highest BCUT2D eigenvalue weighted by Gasteiger charge is 2.11. The van der Waals surface area contributed by atoms with Crippen molar-refractivity contribution in [3.8, 4) is 0 Å². The van der Waals surface area contributed by atoms with Gasteiger partial charge in [0.25, 0.3) is 0 Å². The zero-order valence-corrected chi connectivity index (χ0v) is 12.4. The van der Waals surface area contributed by atoms with E-state index in [2.05, 4.69) is 47.8 Å². The van der Waals surface area contributed by atoms with E-state index in [1.807, 2.05) is 7.05 Å². The number of hydrogen-bond donors (Lipinski definition) is 1. The second kappa shape index (κ2) is 7.69. The maximum Gasteiger partial charge on any atom is 0.0641 e. The predicted molar refractivity (Wildman–Crippen MR) is 74.9 cm³/mol. The number of rotatable bonds is 6. The van der Waals surface area contributed by atoms with Gasteiger partial charge >= 0.3 is 0 Å². The predicted octanol–water partition coefficient (Wildman–Crippen LogP) is 1.59.